The molecule has 7 atom stereocenters. The monoisotopic (exact) mass is 415 g/mol. The molecule has 4 unspecified atom stereocenters. The van der Waals surface area contributed by atoms with Crippen molar-refractivity contribution < 1.29 is 15.3 Å². The van der Waals surface area contributed by atoms with Crippen LogP contribution >= 0.6 is 0 Å². The molecule has 168 valence electrons. The molecule has 3 aliphatic rings. The molecule has 3 fully saturated rings. The maximum atomic E-state index is 10.1. The first-order valence-corrected chi connectivity index (χ1v) is 11.6. The summed E-state index contributed by atoms with van der Waals surface area (Å²) in [6.07, 6.45) is 15.0. The zero-order valence-corrected chi connectivity index (χ0v) is 19.0. The van der Waals surface area contributed by atoms with Gasteiger partial charge in [0.1, 0.15) is 5.72 Å². The van der Waals surface area contributed by atoms with E-state index in [0.717, 1.165) is 17.6 Å². The van der Waals surface area contributed by atoms with E-state index in [1.807, 2.05) is 6.08 Å². The third-order valence-electron chi connectivity index (χ3n) is 7.91. The normalized spacial score (nSPS) is 40.7. The van der Waals surface area contributed by atoms with Crippen LogP contribution in [0.4, 0.5) is 0 Å². The van der Waals surface area contributed by atoms with E-state index < -0.39 is 17.9 Å². The van der Waals surface area contributed by atoms with Gasteiger partial charge in [-0.1, -0.05) is 50.3 Å². The second-order valence-corrected chi connectivity index (χ2v) is 10.5. The molecule has 3 rings (SSSR count). The number of hydrogen-bond donors (Lipinski definition) is 4. The molecule has 0 saturated heterocycles. The number of aliphatic hydroxyl groups is 3. The molecule has 3 aliphatic carbocycles. The topological polar surface area (TPSA) is 86.7 Å². The summed E-state index contributed by atoms with van der Waals surface area (Å²) >= 11 is 0. The standard InChI is InChI=1S/C26H41NO3/c1-17(7-5-14-26(4,27)30)22-11-12-23-19(8-6-13-25(22,23)3)9-10-20-15-21(28)16-24(29)18(20)2/h5,7,9-10,17,21-24,28-30H,2,6,8,11-16,27H2,1,3-4H3/b7-5+,19-9+,20-10-/t17?,21?,22-,23?,24+,25-,26?/m1/s1. The maximum Gasteiger partial charge on any atom is 0.114 e. The number of rotatable bonds is 5. The van der Waals surface area contributed by atoms with Crippen molar-refractivity contribution in [2.45, 2.75) is 90.1 Å². The smallest absolute Gasteiger partial charge is 0.114 e. The number of aliphatic hydroxyl groups excluding tert-OH is 2. The van der Waals surface area contributed by atoms with Crippen molar-refractivity contribution in [3.05, 3.63) is 47.6 Å². The first-order chi connectivity index (χ1) is 14.0. The van der Waals surface area contributed by atoms with E-state index in [2.05, 4.69) is 38.7 Å². The van der Waals surface area contributed by atoms with E-state index in [0.29, 0.717) is 42.4 Å². The third-order valence-corrected chi connectivity index (χ3v) is 7.91. The SMILES string of the molecule is C=C1/C(=C\C=C2/CCC[C@@]3(C)C2CC[C@@H]3C(C)/C=C/CC(C)(N)O)CC(O)C[C@@H]1O. The lowest BCUT2D eigenvalue weighted by atomic mass is 9.61. The van der Waals surface area contributed by atoms with Crippen molar-refractivity contribution >= 4 is 0 Å². The fourth-order valence-corrected chi connectivity index (χ4v) is 6.26. The van der Waals surface area contributed by atoms with E-state index in [-0.39, 0.29) is 0 Å². The van der Waals surface area contributed by atoms with E-state index in [1.54, 1.807) is 6.92 Å². The minimum atomic E-state index is -1.14. The highest BCUT2D eigenvalue weighted by molar-refractivity contribution is 5.38. The Kier molecular flexibility index (Phi) is 7.13. The predicted octanol–water partition coefficient (Wildman–Crippen LogP) is 4.38. The van der Waals surface area contributed by atoms with E-state index in [4.69, 9.17) is 5.73 Å². The van der Waals surface area contributed by atoms with Crippen molar-refractivity contribution in [3.8, 4) is 0 Å². The van der Waals surface area contributed by atoms with Gasteiger partial charge in [0.25, 0.3) is 0 Å². The van der Waals surface area contributed by atoms with Gasteiger partial charge in [-0.3, -0.25) is 0 Å². The molecule has 30 heavy (non-hydrogen) atoms. The molecule has 0 radical (unpaired) electrons. The van der Waals surface area contributed by atoms with Crippen LogP contribution in [0.2, 0.25) is 0 Å². The van der Waals surface area contributed by atoms with Crippen LogP contribution in [-0.2, 0) is 0 Å². The van der Waals surface area contributed by atoms with Gasteiger partial charge in [0.05, 0.1) is 12.2 Å². The average molecular weight is 416 g/mol. The Morgan fingerprint density at radius 2 is 2.03 bits per heavy atom. The first kappa shape index (κ1) is 23.5. The second kappa shape index (κ2) is 9.12. The summed E-state index contributed by atoms with van der Waals surface area (Å²) in [7, 11) is 0. The van der Waals surface area contributed by atoms with Crippen molar-refractivity contribution in [2.24, 2.45) is 28.9 Å². The minimum absolute atomic E-state index is 0.292. The maximum absolute atomic E-state index is 10.1. The summed E-state index contributed by atoms with van der Waals surface area (Å²) in [5.41, 5.74) is 8.11. The van der Waals surface area contributed by atoms with Crippen molar-refractivity contribution in [1.29, 1.82) is 0 Å². The predicted molar refractivity (Wildman–Crippen MR) is 122 cm³/mol. The van der Waals surface area contributed by atoms with Crippen LogP contribution in [0.1, 0.15) is 72.1 Å². The van der Waals surface area contributed by atoms with Gasteiger partial charge in [-0.25, -0.2) is 0 Å². The van der Waals surface area contributed by atoms with Crippen molar-refractivity contribution in [3.63, 3.8) is 0 Å². The Morgan fingerprint density at radius 1 is 1.30 bits per heavy atom. The van der Waals surface area contributed by atoms with Gasteiger partial charge in [0, 0.05) is 12.8 Å². The molecule has 0 amide bonds. The molecular formula is C26H41NO3. The summed E-state index contributed by atoms with van der Waals surface area (Å²) in [6, 6.07) is 0. The zero-order valence-electron chi connectivity index (χ0n) is 19.0. The van der Waals surface area contributed by atoms with Crippen molar-refractivity contribution in [1.82, 2.24) is 0 Å². The molecule has 0 aromatic carbocycles. The van der Waals surface area contributed by atoms with Gasteiger partial charge in [0.2, 0.25) is 0 Å². The average Bonchev–Trinajstić information content (AvgIpc) is 3.00. The third kappa shape index (κ3) is 5.16. The Morgan fingerprint density at radius 3 is 2.73 bits per heavy atom. The highest BCUT2D eigenvalue weighted by Crippen LogP contribution is 2.59. The highest BCUT2D eigenvalue weighted by Gasteiger charge is 2.50. The fraction of sp³-hybridized carbons (Fsp3) is 0.692. The van der Waals surface area contributed by atoms with Gasteiger partial charge in [-0.15, -0.1) is 0 Å². The number of nitrogens with two attached hydrogens (primary N) is 1. The van der Waals surface area contributed by atoms with Crippen LogP contribution in [-0.4, -0.2) is 33.3 Å². The van der Waals surface area contributed by atoms with Crippen LogP contribution in [0.25, 0.3) is 0 Å². The summed E-state index contributed by atoms with van der Waals surface area (Å²) in [5.74, 6) is 1.68. The van der Waals surface area contributed by atoms with Gasteiger partial charge >= 0.3 is 0 Å². The van der Waals surface area contributed by atoms with E-state index in [1.165, 1.54) is 31.3 Å². The summed E-state index contributed by atoms with van der Waals surface area (Å²) < 4.78 is 0. The molecule has 0 aliphatic heterocycles. The molecule has 5 N–H and O–H groups in total. The van der Waals surface area contributed by atoms with Crippen LogP contribution in [0.3, 0.4) is 0 Å². The second-order valence-electron chi connectivity index (χ2n) is 10.5. The quantitative estimate of drug-likeness (QED) is 0.396. The lowest BCUT2D eigenvalue weighted by Gasteiger charge is -2.44. The fourth-order valence-electron chi connectivity index (χ4n) is 6.26. The zero-order chi connectivity index (χ0) is 22.1. The lowest BCUT2D eigenvalue weighted by molar-refractivity contribution is 0.0700. The van der Waals surface area contributed by atoms with Gasteiger partial charge in [-0.2, -0.15) is 0 Å². The van der Waals surface area contributed by atoms with Gasteiger partial charge in [-0.05, 0) is 79.8 Å². The molecule has 4 heteroatoms. The number of hydrogen-bond acceptors (Lipinski definition) is 4. The van der Waals surface area contributed by atoms with Crippen LogP contribution < -0.4 is 5.73 Å². The summed E-state index contributed by atoms with van der Waals surface area (Å²) in [6.45, 7) is 10.4. The van der Waals surface area contributed by atoms with Crippen LogP contribution in [0, 0.1) is 23.2 Å². The summed E-state index contributed by atoms with van der Waals surface area (Å²) in [4.78, 5) is 0. The molecule has 4 nitrogen and oxygen atoms in total. The molecule has 0 aromatic rings. The van der Waals surface area contributed by atoms with Gasteiger partial charge < -0.3 is 21.1 Å². The molecular weight excluding hydrogens is 374 g/mol. The lowest BCUT2D eigenvalue weighted by Crippen LogP contribution is -2.36. The minimum Gasteiger partial charge on any atom is -0.393 e. The Balaban J connectivity index is 1.75. The largest absolute Gasteiger partial charge is 0.393 e. The molecule has 3 saturated carbocycles. The molecule has 0 spiro atoms. The molecule has 0 bridgehead atoms. The summed E-state index contributed by atoms with van der Waals surface area (Å²) in [5, 5.41) is 29.9. The van der Waals surface area contributed by atoms with E-state index in [9.17, 15) is 15.3 Å². The Hall–Kier alpha value is -1.20. The van der Waals surface area contributed by atoms with Gasteiger partial charge in [0.15, 0.2) is 0 Å². The number of allylic oxidation sites excluding steroid dienone is 4. The molecule has 0 aromatic heterocycles. The van der Waals surface area contributed by atoms with Crippen molar-refractivity contribution in [2.75, 3.05) is 0 Å². The highest BCUT2D eigenvalue weighted by atomic mass is 16.3. The van der Waals surface area contributed by atoms with Crippen LogP contribution in [0.5, 0.6) is 0 Å². The first-order valence-electron chi connectivity index (χ1n) is 11.6. The molecule has 0 heterocycles. The Bertz CT molecular complexity index is 729. The van der Waals surface area contributed by atoms with E-state index >= 15 is 0 Å². The van der Waals surface area contributed by atoms with Crippen LogP contribution in [0.15, 0.2) is 47.6 Å². The number of fused-ring (bicyclic) bond motifs is 1. The Labute approximate surface area is 182 Å².